The molecule has 0 saturated carbocycles. The lowest BCUT2D eigenvalue weighted by molar-refractivity contribution is -0.122. The van der Waals surface area contributed by atoms with Gasteiger partial charge in [0.05, 0.1) is 0 Å². The van der Waals surface area contributed by atoms with Crippen molar-refractivity contribution in [3.8, 4) is 0 Å². The Labute approximate surface area is 120 Å². The van der Waals surface area contributed by atoms with Crippen molar-refractivity contribution in [2.45, 2.75) is 32.7 Å². The molecule has 2 rings (SSSR count). The Morgan fingerprint density at radius 1 is 1.30 bits per heavy atom. The molecule has 0 spiro atoms. The molecule has 1 aliphatic rings. The summed E-state index contributed by atoms with van der Waals surface area (Å²) >= 11 is 0. The van der Waals surface area contributed by atoms with Crippen molar-refractivity contribution in [2.24, 2.45) is 5.92 Å². The number of nitrogens with one attached hydrogen (secondary N) is 2. The molecule has 1 amide bonds. The summed E-state index contributed by atoms with van der Waals surface area (Å²) in [6.07, 6.45) is 1.64. The normalized spacial score (nSPS) is 17.7. The minimum absolute atomic E-state index is 0.0871. The predicted octanol–water partition coefficient (Wildman–Crippen LogP) is 2.72. The Morgan fingerprint density at radius 2 is 1.95 bits per heavy atom. The van der Waals surface area contributed by atoms with E-state index in [4.69, 9.17) is 4.74 Å². The van der Waals surface area contributed by atoms with Gasteiger partial charge in [-0.25, -0.2) is 0 Å². The fourth-order valence-corrected chi connectivity index (χ4v) is 2.48. The number of anilines is 1. The molecule has 0 aromatic heterocycles. The Balaban J connectivity index is 1.91. The highest BCUT2D eigenvalue weighted by Crippen LogP contribution is 2.19. The van der Waals surface area contributed by atoms with Crippen LogP contribution in [0.2, 0.25) is 0 Å². The molecule has 0 radical (unpaired) electrons. The smallest absolute Gasteiger partial charge is 0.227 e. The number of ether oxygens (including phenoxy) is 1. The molecule has 4 nitrogen and oxygen atoms in total. The fourth-order valence-electron chi connectivity index (χ4n) is 2.48. The maximum atomic E-state index is 12.1. The Bertz CT molecular complexity index is 425. The Hall–Kier alpha value is -1.39. The molecule has 1 aromatic rings. The quantitative estimate of drug-likeness (QED) is 0.869. The first-order valence-electron chi connectivity index (χ1n) is 7.42. The summed E-state index contributed by atoms with van der Waals surface area (Å²) in [4.78, 5) is 12.1. The second-order valence-electron chi connectivity index (χ2n) is 5.28. The third-order valence-electron chi connectivity index (χ3n) is 3.78. The molecule has 1 heterocycles. The van der Waals surface area contributed by atoms with Crippen LogP contribution in [-0.2, 0) is 9.53 Å². The number of carbonyl (C=O) groups is 1. The van der Waals surface area contributed by atoms with Gasteiger partial charge in [-0.2, -0.15) is 0 Å². The van der Waals surface area contributed by atoms with Gasteiger partial charge in [-0.1, -0.05) is 19.1 Å². The molecule has 2 N–H and O–H groups in total. The van der Waals surface area contributed by atoms with E-state index in [9.17, 15) is 4.79 Å². The van der Waals surface area contributed by atoms with Crippen molar-refractivity contribution < 1.29 is 9.53 Å². The van der Waals surface area contributed by atoms with Gasteiger partial charge in [-0.3, -0.25) is 4.79 Å². The maximum absolute atomic E-state index is 12.1. The summed E-state index contributed by atoms with van der Waals surface area (Å²) in [6, 6.07) is 8.40. The monoisotopic (exact) mass is 276 g/mol. The zero-order valence-corrected chi connectivity index (χ0v) is 12.3. The van der Waals surface area contributed by atoms with Crippen LogP contribution in [0.3, 0.4) is 0 Å². The number of hydrogen-bond donors (Lipinski definition) is 2. The summed E-state index contributed by atoms with van der Waals surface area (Å²) in [5.74, 6) is 0.199. The highest BCUT2D eigenvalue weighted by atomic mass is 16.5. The van der Waals surface area contributed by atoms with Gasteiger partial charge in [0.1, 0.15) is 0 Å². The van der Waals surface area contributed by atoms with Gasteiger partial charge in [0.15, 0.2) is 0 Å². The first kappa shape index (κ1) is 15.0. The third kappa shape index (κ3) is 4.05. The van der Waals surface area contributed by atoms with Crippen molar-refractivity contribution in [1.29, 1.82) is 0 Å². The van der Waals surface area contributed by atoms with Crippen LogP contribution in [0.1, 0.15) is 38.3 Å². The van der Waals surface area contributed by atoms with Gasteiger partial charge < -0.3 is 15.4 Å². The topological polar surface area (TPSA) is 50.4 Å². The molecule has 1 aromatic carbocycles. The third-order valence-corrected chi connectivity index (χ3v) is 3.78. The van der Waals surface area contributed by atoms with Crippen LogP contribution in [0.15, 0.2) is 24.3 Å². The van der Waals surface area contributed by atoms with Crippen LogP contribution < -0.4 is 10.6 Å². The molecular formula is C16H24N2O2. The number of benzene rings is 1. The SMILES string of the molecule is CCNC(C)c1ccc(NC(=O)C2CCOCC2)cc1. The van der Waals surface area contributed by atoms with Crippen LogP contribution in [0, 0.1) is 5.92 Å². The van der Waals surface area contributed by atoms with E-state index >= 15 is 0 Å². The van der Waals surface area contributed by atoms with Gasteiger partial charge in [0.2, 0.25) is 5.91 Å². The van der Waals surface area contributed by atoms with E-state index in [2.05, 4.69) is 36.6 Å². The van der Waals surface area contributed by atoms with Gasteiger partial charge >= 0.3 is 0 Å². The second kappa shape index (κ2) is 7.41. The molecule has 1 atom stereocenters. The molecule has 4 heteroatoms. The van der Waals surface area contributed by atoms with Gasteiger partial charge in [0.25, 0.3) is 0 Å². The largest absolute Gasteiger partial charge is 0.381 e. The van der Waals surface area contributed by atoms with E-state index in [-0.39, 0.29) is 11.8 Å². The zero-order chi connectivity index (χ0) is 14.4. The van der Waals surface area contributed by atoms with E-state index in [1.807, 2.05) is 12.1 Å². The van der Waals surface area contributed by atoms with Crippen molar-refractivity contribution in [3.63, 3.8) is 0 Å². The van der Waals surface area contributed by atoms with Gasteiger partial charge in [-0.15, -0.1) is 0 Å². The summed E-state index contributed by atoms with van der Waals surface area (Å²) in [6.45, 7) is 6.57. The average Bonchev–Trinajstić information content (AvgIpc) is 2.49. The number of carbonyl (C=O) groups excluding carboxylic acids is 1. The molecule has 1 unspecified atom stereocenters. The average molecular weight is 276 g/mol. The van der Waals surface area contributed by atoms with Crippen LogP contribution in [0.25, 0.3) is 0 Å². The first-order chi connectivity index (χ1) is 9.70. The standard InChI is InChI=1S/C16H24N2O2/c1-3-17-12(2)13-4-6-15(7-5-13)18-16(19)14-8-10-20-11-9-14/h4-7,12,14,17H,3,8-11H2,1-2H3,(H,18,19). The minimum Gasteiger partial charge on any atom is -0.381 e. The summed E-state index contributed by atoms with van der Waals surface area (Å²) in [7, 11) is 0. The Morgan fingerprint density at radius 3 is 2.55 bits per heavy atom. The molecule has 1 aliphatic heterocycles. The summed E-state index contributed by atoms with van der Waals surface area (Å²) in [5, 5.41) is 6.37. The molecule has 20 heavy (non-hydrogen) atoms. The van der Waals surface area contributed by atoms with Crippen LogP contribution in [-0.4, -0.2) is 25.7 Å². The number of rotatable bonds is 5. The van der Waals surface area contributed by atoms with Gasteiger partial charge in [0, 0.05) is 30.9 Å². The molecular weight excluding hydrogens is 252 g/mol. The van der Waals surface area contributed by atoms with E-state index in [0.717, 1.165) is 25.1 Å². The number of hydrogen-bond acceptors (Lipinski definition) is 3. The molecule has 0 bridgehead atoms. The highest BCUT2D eigenvalue weighted by molar-refractivity contribution is 5.92. The van der Waals surface area contributed by atoms with Gasteiger partial charge in [-0.05, 0) is 44.0 Å². The van der Waals surface area contributed by atoms with Crippen molar-refractivity contribution in [3.05, 3.63) is 29.8 Å². The second-order valence-corrected chi connectivity index (χ2v) is 5.28. The Kier molecular flexibility index (Phi) is 5.56. The van der Waals surface area contributed by atoms with Crippen LogP contribution >= 0.6 is 0 Å². The summed E-state index contributed by atoms with van der Waals surface area (Å²) in [5.41, 5.74) is 2.10. The van der Waals surface area contributed by atoms with E-state index in [0.29, 0.717) is 19.3 Å². The van der Waals surface area contributed by atoms with E-state index < -0.39 is 0 Å². The molecule has 1 fully saturated rings. The lowest BCUT2D eigenvalue weighted by Crippen LogP contribution is -2.28. The minimum atomic E-state index is 0.0871. The molecule has 110 valence electrons. The predicted molar refractivity (Wildman–Crippen MR) is 80.7 cm³/mol. The van der Waals surface area contributed by atoms with Crippen molar-refractivity contribution in [1.82, 2.24) is 5.32 Å². The summed E-state index contributed by atoms with van der Waals surface area (Å²) < 4.78 is 5.28. The van der Waals surface area contributed by atoms with E-state index in [1.165, 1.54) is 5.56 Å². The van der Waals surface area contributed by atoms with Crippen LogP contribution in [0.5, 0.6) is 0 Å². The lowest BCUT2D eigenvalue weighted by Gasteiger charge is -2.21. The maximum Gasteiger partial charge on any atom is 0.227 e. The molecule has 1 saturated heterocycles. The first-order valence-corrected chi connectivity index (χ1v) is 7.42. The lowest BCUT2D eigenvalue weighted by atomic mass is 9.99. The zero-order valence-electron chi connectivity index (χ0n) is 12.3. The van der Waals surface area contributed by atoms with Crippen LogP contribution in [0.4, 0.5) is 5.69 Å². The van der Waals surface area contributed by atoms with Crippen molar-refractivity contribution >= 4 is 11.6 Å². The molecule has 0 aliphatic carbocycles. The number of amides is 1. The highest BCUT2D eigenvalue weighted by Gasteiger charge is 2.21. The fraction of sp³-hybridized carbons (Fsp3) is 0.562. The van der Waals surface area contributed by atoms with E-state index in [1.54, 1.807) is 0 Å². The van der Waals surface area contributed by atoms with Crippen molar-refractivity contribution in [2.75, 3.05) is 25.1 Å².